The van der Waals surface area contributed by atoms with E-state index in [9.17, 15) is 14.7 Å². The van der Waals surface area contributed by atoms with Crippen LogP contribution in [0.1, 0.15) is 48.4 Å². The Morgan fingerprint density at radius 2 is 1.21 bits per heavy atom. The van der Waals surface area contributed by atoms with Gasteiger partial charge in [-0.25, -0.2) is 4.79 Å². The lowest BCUT2D eigenvalue weighted by atomic mass is 10.2. The second-order valence-corrected chi connectivity index (χ2v) is 7.38. The van der Waals surface area contributed by atoms with Crippen molar-refractivity contribution in [3.63, 3.8) is 0 Å². The Bertz CT molecular complexity index is 715. The summed E-state index contributed by atoms with van der Waals surface area (Å²) < 4.78 is 1.28. The van der Waals surface area contributed by atoms with Gasteiger partial charge in [0.25, 0.3) is 0 Å². The number of carboxylic acid groups (broad SMARTS) is 2. The highest BCUT2D eigenvalue weighted by Gasteiger charge is 2.16. The van der Waals surface area contributed by atoms with E-state index >= 15 is 0 Å². The molecule has 0 bridgehead atoms. The Hall–Kier alpha value is -2.31. The third-order valence-electron chi connectivity index (χ3n) is 5.13. The topological polar surface area (TPSA) is 77.4 Å². The third-order valence-corrected chi connectivity index (χ3v) is 6.28. The molecular weight excluding hydrogens is 374 g/mol. The molecule has 2 aromatic carbocycles. The summed E-state index contributed by atoms with van der Waals surface area (Å²) >= 11 is 1.10. The van der Waals surface area contributed by atoms with Gasteiger partial charge in [-0.05, 0) is 45.9 Å². The predicted molar refractivity (Wildman–Crippen MR) is 111 cm³/mol. The molecule has 0 aliphatic heterocycles. The molecule has 2 aromatic rings. The Morgan fingerprint density at radius 3 is 1.57 bits per heavy atom. The van der Waals surface area contributed by atoms with Crippen molar-refractivity contribution in [2.75, 3.05) is 26.2 Å². The number of carbonyl (C=O) groups excluding carboxylic acids is 1. The van der Waals surface area contributed by atoms with Crippen molar-refractivity contribution >= 4 is 23.7 Å². The van der Waals surface area contributed by atoms with E-state index in [1.807, 2.05) is 0 Å². The highest BCUT2D eigenvalue weighted by Crippen LogP contribution is 2.32. The van der Waals surface area contributed by atoms with Crippen molar-refractivity contribution in [2.24, 2.45) is 0 Å². The van der Waals surface area contributed by atoms with E-state index in [0.29, 0.717) is 9.79 Å². The van der Waals surface area contributed by atoms with Crippen LogP contribution in [0.25, 0.3) is 0 Å². The number of carboxylic acids is 2. The van der Waals surface area contributed by atoms with Crippen LogP contribution in [0.3, 0.4) is 0 Å². The second kappa shape index (κ2) is 11.5. The van der Waals surface area contributed by atoms with Crippen LogP contribution in [0.15, 0.2) is 58.3 Å². The van der Waals surface area contributed by atoms with Crippen LogP contribution in [-0.4, -0.2) is 47.7 Å². The van der Waals surface area contributed by atoms with Crippen molar-refractivity contribution < 1.29 is 24.3 Å². The van der Waals surface area contributed by atoms with Gasteiger partial charge < -0.3 is 19.5 Å². The van der Waals surface area contributed by atoms with Gasteiger partial charge in [0.05, 0.1) is 37.7 Å². The molecule has 28 heavy (non-hydrogen) atoms. The Balaban J connectivity index is 0.000000370. The molecule has 0 amide bonds. The minimum atomic E-state index is -1.28. The monoisotopic (exact) mass is 403 g/mol. The number of hydrogen-bond donors (Lipinski definition) is 1. The molecule has 0 spiro atoms. The van der Waals surface area contributed by atoms with Gasteiger partial charge in [0.15, 0.2) is 0 Å². The highest BCUT2D eigenvalue weighted by atomic mass is 32.2. The Kier molecular flexibility index (Phi) is 9.76. The molecule has 0 fully saturated rings. The number of benzene rings is 2. The Morgan fingerprint density at radius 1 is 0.821 bits per heavy atom. The van der Waals surface area contributed by atoms with E-state index in [4.69, 9.17) is 5.11 Å². The van der Waals surface area contributed by atoms with Gasteiger partial charge in [-0.3, -0.25) is 0 Å². The van der Waals surface area contributed by atoms with Crippen molar-refractivity contribution in [3.05, 3.63) is 59.7 Å². The van der Waals surface area contributed by atoms with Gasteiger partial charge in [0.2, 0.25) is 0 Å². The molecular formula is C22H29NO4S. The van der Waals surface area contributed by atoms with Gasteiger partial charge in [0.1, 0.15) is 0 Å². The Labute approximate surface area is 171 Å². The quantitative estimate of drug-likeness (QED) is 0.679. The zero-order valence-electron chi connectivity index (χ0n) is 17.0. The van der Waals surface area contributed by atoms with Crippen LogP contribution < -0.4 is 5.11 Å². The van der Waals surface area contributed by atoms with E-state index in [2.05, 4.69) is 27.7 Å². The summed E-state index contributed by atoms with van der Waals surface area (Å²) in [6, 6.07) is 12.8. The average molecular weight is 404 g/mol. The lowest BCUT2D eigenvalue weighted by molar-refractivity contribution is -0.921. The molecule has 5 nitrogen and oxygen atoms in total. The SMILES string of the molecule is CC[N+](CC)(CC)CC.O=C([O-])c1ccccc1Sc1ccccc1C(=O)O. The van der Waals surface area contributed by atoms with Crippen LogP contribution in [0.4, 0.5) is 0 Å². The largest absolute Gasteiger partial charge is 0.545 e. The molecule has 0 aliphatic rings. The summed E-state index contributed by atoms with van der Waals surface area (Å²) in [6.45, 7) is 14.2. The summed E-state index contributed by atoms with van der Waals surface area (Å²) in [5, 5.41) is 20.1. The van der Waals surface area contributed by atoms with Gasteiger partial charge in [-0.1, -0.05) is 42.1 Å². The minimum Gasteiger partial charge on any atom is -0.545 e. The van der Waals surface area contributed by atoms with Gasteiger partial charge in [-0.2, -0.15) is 0 Å². The second-order valence-electron chi connectivity index (χ2n) is 6.29. The number of aromatic carboxylic acids is 2. The van der Waals surface area contributed by atoms with Crippen LogP contribution >= 0.6 is 11.8 Å². The van der Waals surface area contributed by atoms with Crippen molar-refractivity contribution in [2.45, 2.75) is 37.5 Å². The van der Waals surface area contributed by atoms with Gasteiger partial charge in [0, 0.05) is 15.4 Å². The van der Waals surface area contributed by atoms with Gasteiger partial charge in [-0.15, -0.1) is 0 Å². The van der Waals surface area contributed by atoms with Gasteiger partial charge >= 0.3 is 5.97 Å². The molecule has 0 unspecified atom stereocenters. The maximum absolute atomic E-state index is 11.1. The number of hydrogen-bond acceptors (Lipinski definition) is 4. The fraction of sp³-hybridized carbons (Fsp3) is 0.364. The van der Waals surface area contributed by atoms with E-state index < -0.39 is 11.9 Å². The lowest BCUT2D eigenvalue weighted by Crippen LogP contribution is -2.47. The first-order valence-electron chi connectivity index (χ1n) is 9.49. The maximum Gasteiger partial charge on any atom is 0.336 e. The standard InChI is InChI=1S/C14H10O4S.C8H20N/c15-13(16)9-5-1-3-7-11(9)19-12-8-4-2-6-10(12)14(17)18;1-5-9(6-2,7-3)8-4/h1-8H,(H,15,16)(H,17,18);5-8H2,1-4H3/q;+1/p-1. The zero-order valence-corrected chi connectivity index (χ0v) is 17.8. The molecule has 0 heterocycles. The summed E-state index contributed by atoms with van der Waals surface area (Å²) in [5.74, 6) is -2.33. The minimum absolute atomic E-state index is 0.0488. The number of quaternary nitrogens is 1. The van der Waals surface area contributed by atoms with Crippen molar-refractivity contribution in [3.8, 4) is 0 Å². The van der Waals surface area contributed by atoms with Crippen molar-refractivity contribution in [1.82, 2.24) is 0 Å². The van der Waals surface area contributed by atoms with E-state index in [-0.39, 0.29) is 11.1 Å². The lowest BCUT2D eigenvalue weighted by Gasteiger charge is -2.34. The molecule has 152 valence electrons. The molecule has 0 radical (unpaired) electrons. The molecule has 6 heteroatoms. The first kappa shape index (κ1) is 23.7. The molecule has 0 aliphatic carbocycles. The smallest absolute Gasteiger partial charge is 0.336 e. The maximum atomic E-state index is 11.1. The van der Waals surface area contributed by atoms with Crippen molar-refractivity contribution in [1.29, 1.82) is 0 Å². The fourth-order valence-corrected chi connectivity index (χ4v) is 3.97. The number of nitrogens with zero attached hydrogens (tertiary/aromatic N) is 1. The number of carbonyl (C=O) groups is 2. The highest BCUT2D eigenvalue weighted by molar-refractivity contribution is 7.99. The third kappa shape index (κ3) is 6.39. The summed E-state index contributed by atoms with van der Waals surface area (Å²) in [5.41, 5.74) is 0.188. The fourth-order valence-electron chi connectivity index (χ4n) is 2.92. The van der Waals surface area contributed by atoms with Crippen LogP contribution in [0, 0.1) is 0 Å². The van der Waals surface area contributed by atoms with Crippen LogP contribution in [0.5, 0.6) is 0 Å². The van der Waals surface area contributed by atoms with E-state index in [0.717, 1.165) is 11.8 Å². The summed E-state index contributed by atoms with van der Waals surface area (Å²) in [7, 11) is 0. The first-order chi connectivity index (χ1) is 13.3. The number of rotatable bonds is 8. The normalized spacial score (nSPS) is 10.7. The summed E-state index contributed by atoms with van der Waals surface area (Å²) in [4.78, 5) is 23.0. The molecule has 1 N–H and O–H groups in total. The molecule has 0 saturated heterocycles. The van der Waals surface area contributed by atoms with Crippen LogP contribution in [-0.2, 0) is 0 Å². The predicted octanol–water partition coefficient (Wildman–Crippen LogP) is 3.78. The average Bonchev–Trinajstić information content (AvgIpc) is 2.71. The molecule has 0 atom stereocenters. The molecule has 0 saturated carbocycles. The molecule has 2 rings (SSSR count). The van der Waals surface area contributed by atoms with E-state index in [1.165, 1.54) is 42.8 Å². The molecule has 0 aromatic heterocycles. The van der Waals surface area contributed by atoms with Crippen LogP contribution in [0.2, 0.25) is 0 Å². The first-order valence-corrected chi connectivity index (χ1v) is 10.3. The van der Waals surface area contributed by atoms with E-state index in [1.54, 1.807) is 36.4 Å². The zero-order chi connectivity index (χ0) is 21.2. The summed E-state index contributed by atoms with van der Waals surface area (Å²) in [6.07, 6.45) is 0.